The first-order chi connectivity index (χ1) is 14.3. The van der Waals surface area contributed by atoms with Crippen LogP contribution in [0.2, 0.25) is 0 Å². The van der Waals surface area contributed by atoms with Crippen molar-refractivity contribution in [3.8, 4) is 0 Å². The first kappa shape index (κ1) is 28.3. The summed E-state index contributed by atoms with van der Waals surface area (Å²) in [7, 11) is 0. The maximum Gasteiger partial charge on any atom is 0.326 e. The zero-order valence-corrected chi connectivity index (χ0v) is 18.8. The lowest BCUT2D eigenvalue weighted by atomic mass is 9.98. The van der Waals surface area contributed by atoms with Crippen molar-refractivity contribution in [1.29, 1.82) is 0 Å². The van der Waals surface area contributed by atoms with Gasteiger partial charge >= 0.3 is 11.9 Å². The molecule has 0 fully saturated rings. The number of aliphatic carboxylic acids is 2. The normalized spacial score (nSPS) is 15.8. The molecule has 0 aliphatic heterocycles. The first-order valence-electron chi connectivity index (χ1n) is 10.4. The summed E-state index contributed by atoms with van der Waals surface area (Å²) in [5.41, 5.74) is 5.79. The quantitative estimate of drug-likeness (QED) is 0.213. The molecule has 11 nitrogen and oxygen atoms in total. The predicted octanol–water partition coefficient (Wildman–Crippen LogP) is -0.170. The van der Waals surface area contributed by atoms with Gasteiger partial charge in [0, 0.05) is 6.42 Å². The van der Waals surface area contributed by atoms with Gasteiger partial charge in [0.2, 0.25) is 17.7 Å². The summed E-state index contributed by atoms with van der Waals surface area (Å²) in [6, 6.07) is -4.30. The molecule has 0 spiro atoms. The number of carbonyl (C=O) groups excluding carboxylic acids is 3. The van der Waals surface area contributed by atoms with E-state index in [0.717, 1.165) is 0 Å². The molecule has 0 aliphatic rings. The molecule has 0 radical (unpaired) electrons. The molecule has 0 saturated carbocycles. The van der Waals surface area contributed by atoms with E-state index in [1.807, 2.05) is 13.8 Å². The van der Waals surface area contributed by atoms with Crippen molar-refractivity contribution >= 4 is 29.7 Å². The fraction of sp³-hybridized carbons (Fsp3) is 0.750. The van der Waals surface area contributed by atoms with Gasteiger partial charge in [-0.15, -0.1) is 0 Å². The van der Waals surface area contributed by atoms with Gasteiger partial charge in [-0.3, -0.25) is 19.2 Å². The van der Waals surface area contributed by atoms with Gasteiger partial charge in [0.1, 0.15) is 18.1 Å². The zero-order chi connectivity index (χ0) is 24.3. The number of carbonyl (C=O) groups is 5. The van der Waals surface area contributed by atoms with Crippen LogP contribution in [0, 0.1) is 11.8 Å². The van der Waals surface area contributed by atoms with E-state index >= 15 is 0 Å². The average molecular weight is 445 g/mol. The summed E-state index contributed by atoms with van der Waals surface area (Å²) >= 11 is 0. The second-order valence-corrected chi connectivity index (χ2v) is 8.17. The third kappa shape index (κ3) is 10.8. The fourth-order valence-corrected chi connectivity index (χ4v) is 2.77. The molecule has 0 rings (SSSR count). The SMILES string of the molecule is CCC(C)C(NC(=O)C(CCC(=O)O)NC(=O)C(C)NC(=O)C(N)CC(C)C)C(=O)O. The van der Waals surface area contributed by atoms with Gasteiger partial charge in [-0.05, 0) is 31.6 Å². The molecule has 0 aromatic rings. The van der Waals surface area contributed by atoms with E-state index in [1.165, 1.54) is 6.92 Å². The van der Waals surface area contributed by atoms with Crippen LogP contribution in [0.5, 0.6) is 0 Å². The summed E-state index contributed by atoms with van der Waals surface area (Å²) < 4.78 is 0. The summed E-state index contributed by atoms with van der Waals surface area (Å²) in [6.07, 6.45) is 0.256. The molecular weight excluding hydrogens is 408 g/mol. The third-order valence-corrected chi connectivity index (χ3v) is 4.87. The van der Waals surface area contributed by atoms with Crippen molar-refractivity contribution in [3.05, 3.63) is 0 Å². The van der Waals surface area contributed by atoms with Crippen molar-refractivity contribution in [3.63, 3.8) is 0 Å². The van der Waals surface area contributed by atoms with E-state index in [0.29, 0.717) is 12.8 Å². The van der Waals surface area contributed by atoms with Gasteiger partial charge in [0.25, 0.3) is 0 Å². The number of rotatable bonds is 14. The van der Waals surface area contributed by atoms with Crippen molar-refractivity contribution < 1.29 is 34.2 Å². The summed E-state index contributed by atoms with van der Waals surface area (Å²) in [5, 5.41) is 25.5. The van der Waals surface area contributed by atoms with Crippen LogP contribution in [0.25, 0.3) is 0 Å². The van der Waals surface area contributed by atoms with Crippen molar-refractivity contribution in [2.45, 2.75) is 84.5 Å². The lowest BCUT2D eigenvalue weighted by Crippen LogP contribution is -2.57. The third-order valence-electron chi connectivity index (χ3n) is 4.87. The van der Waals surface area contributed by atoms with E-state index in [-0.39, 0.29) is 18.3 Å². The standard InChI is InChI=1S/C20H36N4O7/c1-6-11(4)16(20(30)31)24-19(29)14(7-8-15(25)26)23-17(27)12(5)22-18(28)13(21)9-10(2)3/h10-14,16H,6-9,21H2,1-5H3,(H,22,28)(H,23,27)(H,24,29)(H,25,26)(H,30,31). The molecule has 11 heteroatoms. The Morgan fingerprint density at radius 2 is 1.45 bits per heavy atom. The van der Waals surface area contributed by atoms with E-state index in [2.05, 4.69) is 16.0 Å². The first-order valence-corrected chi connectivity index (χ1v) is 10.4. The molecule has 0 aromatic heterocycles. The highest BCUT2D eigenvalue weighted by molar-refractivity contribution is 5.94. The van der Waals surface area contributed by atoms with E-state index in [9.17, 15) is 29.1 Å². The molecule has 0 aliphatic carbocycles. The van der Waals surface area contributed by atoms with Crippen molar-refractivity contribution in [1.82, 2.24) is 16.0 Å². The fourth-order valence-electron chi connectivity index (χ4n) is 2.77. The predicted molar refractivity (Wildman–Crippen MR) is 113 cm³/mol. The monoisotopic (exact) mass is 444 g/mol. The van der Waals surface area contributed by atoms with Crippen LogP contribution in [-0.4, -0.2) is 64.0 Å². The number of nitrogens with two attached hydrogens (primary N) is 1. The van der Waals surface area contributed by atoms with Crippen LogP contribution < -0.4 is 21.7 Å². The minimum atomic E-state index is -1.28. The Balaban J connectivity index is 5.22. The Hall–Kier alpha value is -2.69. The lowest BCUT2D eigenvalue weighted by molar-refractivity contribution is -0.144. The average Bonchev–Trinajstić information content (AvgIpc) is 2.66. The minimum absolute atomic E-state index is 0.182. The molecular formula is C20H36N4O7. The van der Waals surface area contributed by atoms with Crippen molar-refractivity contribution in [2.24, 2.45) is 17.6 Å². The number of hydrogen-bond donors (Lipinski definition) is 6. The smallest absolute Gasteiger partial charge is 0.326 e. The zero-order valence-electron chi connectivity index (χ0n) is 18.8. The molecule has 3 amide bonds. The Morgan fingerprint density at radius 1 is 0.871 bits per heavy atom. The molecule has 0 aromatic carbocycles. The van der Waals surface area contributed by atoms with Crippen LogP contribution in [0.4, 0.5) is 0 Å². The summed E-state index contributed by atoms with van der Waals surface area (Å²) in [5.74, 6) is -4.65. The van der Waals surface area contributed by atoms with E-state index < -0.39 is 60.2 Å². The molecule has 5 unspecified atom stereocenters. The number of hydrogen-bond acceptors (Lipinski definition) is 6. The number of carboxylic acids is 2. The maximum atomic E-state index is 12.6. The van der Waals surface area contributed by atoms with E-state index in [1.54, 1.807) is 13.8 Å². The molecule has 0 saturated heterocycles. The second kappa shape index (κ2) is 13.6. The van der Waals surface area contributed by atoms with Crippen LogP contribution in [-0.2, 0) is 24.0 Å². The Labute approximate surface area is 182 Å². The Morgan fingerprint density at radius 3 is 1.90 bits per heavy atom. The number of amides is 3. The molecule has 0 bridgehead atoms. The Kier molecular flexibility index (Phi) is 12.4. The lowest BCUT2D eigenvalue weighted by Gasteiger charge is -2.25. The largest absolute Gasteiger partial charge is 0.481 e. The Bertz CT molecular complexity index is 653. The van der Waals surface area contributed by atoms with E-state index in [4.69, 9.17) is 10.8 Å². The molecule has 0 heterocycles. The topological polar surface area (TPSA) is 188 Å². The van der Waals surface area contributed by atoms with Crippen molar-refractivity contribution in [2.75, 3.05) is 0 Å². The van der Waals surface area contributed by atoms with Gasteiger partial charge in [-0.25, -0.2) is 4.79 Å². The molecule has 7 N–H and O–H groups in total. The van der Waals surface area contributed by atoms with Gasteiger partial charge < -0.3 is 31.9 Å². The van der Waals surface area contributed by atoms with Crippen LogP contribution >= 0.6 is 0 Å². The number of nitrogens with one attached hydrogen (secondary N) is 3. The summed E-state index contributed by atoms with van der Waals surface area (Å²) in [6.45, 7) is 8.63. The highest BCUT2D eigenvalue weighted by Crippen LogP contribution is 2.09. The van der Waals surface area contributed by atoms with Gasteiger partial charge in [-0.2, -0.15) is 0 Å². The van der Waals surface area contributed by atoms with Gasteiger partial charge in [-0.1, -0.05) is 34.1 Å². The van der Waals surface area contributed by atoms with Gasteiger partial charge in [0.05, 0.1) is 6.04 Å². The molecule has 5 atom stereocenters. The van der Waals surface area contributed by atoms with Crippen LogP contribution in [0.15, 0.2) is 0 Å². The highest BCUT2D eigenvalue weighted by Gasteiger charge is 2.31. The van der Waals surface area contributed by atoms with Crippen LogP contribution in [0.3, 0.4) is 0 Å². The second-order valence-electron chi connectivity index (χ2n) is 8.17. The number of carboxylic acid groups (broad SMARTS) is 2. The maximum absolute atomic E-state index is 12.6. The van der Waals surface area contributed by atoms with Gasteiger partial charge in [0.15, 0.2) is 0 Å². The molecule has 178 valence electrons. The van der Waals surface area contributed by atoms with Crippen LogP contribution in [0.1, 0.15) is 60.3 Å². The minimum Gasteiger partial charge on any atom is -0.481 e. The summed E-state index contributed by atoms with van der Waals surface area (Å²) in [4.78, 5) is 59.6. The molecule has 31 heavy (non-hydrogen) atoms. The highest BCUT2D eigenvalue weighted by atomic mass is 16.4.